The third kappa shape index (κ3) is 3.64. The van der Waals surface area contributed by atoms with Crippen molar-refractivity contribution in [2.75, 3.05) is 11.9 Å². The van der Waals surface area contributed by atoms with Crippen molar-refractivity contribution in [3.05, 3.63) is 65.7 Å². The van der Waals surface area contributed by atoms with E-state index in [2.05, 4.69) is 19.1 Å². The summed E-state index contributed by atoms with van der Waals surface area (Å²) < 4.78 is 0. The van der Waals surface area contributed by atoms with Gasteiger partial charge >= 0.3 is 0 Å². The molecule has 0 radical (unpaired) electrons. The first kappa shape index (κ1) is 14.7. The number of amides is 1. The third-order valence-electron chi connectivity index (χ3n) is 3.24. The molecule has 20 heavy (non-hydrogen) atoms. The molecule has 0 spiro atoms. The minimum Gasteiger partial charge on any atom is -0.306 e. The molecule has 0 saturated heterocycles. The molecule has 2 nitrogen and oxygen atoms in total. The van der Waals surface area contributed by atoms with Crippen LogP contribution in [0.5, 0.6) is 0 Å². The molecule has 0 aliphatic rings. The first-order valence-electron chi connectivity index (χ1n) is 6.64. The smallest absolute Gasteiger partial charge is 0.286 e. The van der Waals surface area contributed by atoms with Gasteiger partial charge in [0, 0.05) is 18.0 Å². The number of nitrogens with zero attached hydrogens (tertiary/aromatic N) is 1. The lowest BCUT2D eigenvalue weighted by Gasteiger charge is -2.19. The fourth-order valence-corrected chi connectivity index (χ4v) is 2.76. The number of carbonyl (C=O) groups excluding carboxylic acids is 1. The Hall–Kier alpha value is -1.74. The number of anilines is 1. The molecule has 3 heteroatoms. The van der Waals surface area contributed by atoms with Crippen LogP contribution in [0.2, 0.25) is 0 Å². The number of benzene rings is 2. The quantitative estimate of drug-likeness (QED) is 0.787. The molecule has 104 valence electrons. The average molecular weight is 285 g/mol. The zero-order chi connectivity index (χ0) is 14.5. The molecule has 0 saturated carbocycles. The van der Waals surface area contributed by atoms with E-state index in [4.69, 9.17) is 0 Å². The van der Waals surface area contributed by atoms with Crippen molar-refractivity contribution in [3.63, 3.8) is 0 Å². The van der Waals surface area contributed by atoms with Gasteiger partial charge in [0.2, 0.25) is 0 Å². The highest BCUT2D eigenvalue weighted by molar-refractivity contribution is 8.14. The lowest BCUT2D eigenvalue weighted by atomic mass is 10.2. The number of hydrogen-bond acceptors (Lipinski definition) is 2. The Labute approximate surface area is 124 Å². The van der Waals surface area contributed by atoms with Gasteiger partial charge in [0.05, 0.1) is 0 Å². The highest BCUT2D eigenvalue weighted by atomic mass is 32.2. The van der Waals surface area contributed by atoms with Crippen LogP contribution in [0.25, 0.3) is 0 Å². The minimum absolute atomic E-state index is 0.0604. The molecule has 0 unspecified atom stereocenters. The van der Waals surface area contributed by atoms with E-state index >= 15 is 0 Å². The van der Waals surface area contributed by atoms with E-state index in [0.29, 0.717) is 0 Å². The van der Waals surface area contributed by atoms with E-state index in [1.165, 1.54) is 22.9 Å². The Morgan fingerprint density at radius 1 is 1.05 bits per heavy atom. The Morgan fingerprint density at radius 2 is 1.65 bits per heavy atom. The van der Waals surface area contributed by atoms with Crippen LogP contribution in [-0.4, -0.2) is 12.3 Å². The van der Waals surface area contributed by atoms with E-state index in [1.807, 2.05) is 56.4 Å². The monoisotopic (exact) mass is 285 g/mol. The van der Waals surface area contributed by atoms with Gasteiger partial charge in [0.25, 0.3) is 5.24 Å². The van der Waals surface area contributed by atoms with Crippen LogP contribution in [0.15, 0.2) is 54.6 Å². The summed E-state index contributed by atoms with van der Waals surface area (Å²) in [5.41, 5.74) is 3.29. The maximum atomic E-state index is 12.3. The zero-order valence-electron chi connectivity index (χ0n) is 12.0. The largest absolute Gasteiger partial charge is 0.306 e. The van der Waals surface area contributed by atoms with E-state index in [0.717, 1.165) is 5.69 Å². The summed E-state index contributed by atoms with van der Waals surface area (Å²) in [5.74, 6) is 0. The first-order valence-corrected chi connectivity index (χ1v) is 7.52. The number of hydrogen-bond donors (Lipinski definition) is 0. The zero-order valence-corrected chi connectivity index (χ0v) is 12.9. The van der Waals surface area contributed by atoms with Gasteiger partial charge in [-0.3, -0.25) is 4.79 Å². The normalized spacial score (nSPS) is 11.9. The minimum atomic E-state index is 0.0604. The summed E-state index contributed by atoms with van der Waals surface area (Å²) >= 11 is 1.35. The van der Waals surface area contributed by atoms with Crippen LogP contribution in [0, 0.1) is 6.92 Å². The second-order valence-corrected chi connectivity index (χ2v) is 6.12. The predicted octanol–water partition coefficient (Wildman–Crippen LogP) is 5.05. The second-order valence-electron chi connectivity index (χ2n) is 4.83. The molecule has 0 aromatic heterocycles. The van der Waals surface area contributed by atoms with Crippen molar-refractivity contribution in [1.29, 1.82) is 0 Å². The van der Waals surface area contributed by atoms with Gasteiger partial charge < -0.3 is 4.90 Å². The highest BCUT2D eigenvalue weighted by Gasteiger charge is 2.16. The molecule has 2 rings (SSSR count). The van der Waals surface area contributed by atoms with Crippen molar-refractivity contribution in [1.82, 2.24) is 0 Å². The van der Waals surface area contributed by atoms with Crippen molar-refractivity contribution < 1.29 is 4.79 Å². The molecule has 0 N–H and O–H groups in total. The summed E-state index contributed by atoms with van der Waals surface area (Å²) in [6.45, 7) is 4.10. The summed E-state index contributed by atoms with van der Waals surface area (Å²) in [5, 5.41) is 0.210. The molecule has 2 aromatic rings. The van der Waals surface area contributed by atoms with Crippen molar-refractivity contribution in [2.24, 2.45) is 0 Å². The standard InChI is InChI=1S/C17H19NOS/c1-13-9-11-16(12-10-13)18(3)17(19)20-14(2)15-7-5-4-6-8-15/h4-12,14H,1-3H3/t14-/m0/s1. The van der Waals surface area contributed by atoms with Crippen LogP contribution in [0.4, 0.5) is 10.5 Å². The maximum Gasteiger partial charge on any atom is 0.286 e. The van der Waals surface area contributed by atoms with Gasteiger partial charge in [-0.15, -0.1) is 0 Å². The summed E-state index contributed by atoms with van der Waals surface area (Å²) in [4.78, 5) is 14.0. The van der Waals surface area contributed by atoms with Crippen LogP contribution in [0.3, 0.4) is 0 Å². The lowest BCUT2D eigenvalue weighted by Crippen LogP contribution is -2.22. The SMILES string of the molecule is Cc1ccc(N(C)C(=O)S[C@@H](C)c2ccccc2)cc1. The van der Waals surface area contributed by atoms with Crippen molar-refractivity contribution in [3.8, 4) is 0 Å². The number of aryl methyl sites for hydroxylation is 1. The lowest BCUT2D eigenvalue weighted by molar-refractivity contribution is 0.266. The van der Waals surface area contributed by atoms with Gasteiger partial charge in [-0.05, 0) is 31.5 Å². The Bertz CT molecular complexity index is 565. The molecule has 1 amide bonds. The maximum absolute atomic E-state index is 12.3. The summed E-state index contributed by atoms with van der Waals surface area (Å²) in [6, 6.07) is 18.1. The molecule has 0 bridgehead atoms. The molecule has 0 fully saturated rings. The highest BCUT2D eigenvalue weighted by Crippen LogP contribution is 2.31. The fourth-order valence-electron chi connectivity index (χ4n) is 1.90. The molecule has 0 aliphatic carbocycles. The van der Waals surface area contributed by atoms with Gasteiger partial charge in [-0.1, -0.05) is 59.8 Å². The summed E-state index contributed by atoms with van der Waals surface area (Å²) in [7, 11) is 1.82. The van der Waals surface area contributed by atoms with E-state index in [-0.39, 0.29) is 10.5 Å². The molecular formula is C17H19NOS. The first-order chi connectivity index (χ1) is 9.58. The molecule has 1 atom stereocenters. The predicted molar refractivity (Wildman–Crippen MR) is 87.4 cm³/mol. The Morgan fingerprint density at radius 3 is 2.25 bits per heavy atom. The fraction of sp³-hybridized carbons (Fsp3) is 0.235. The van der Waals surface area contributed by atoms with Crippen LogP contribution >= 0.6 is 11.8 Å². The molecule has 0 aliphatic heterocycles. The van der Waals surface area contributed by atoms with E-state index < -0.39 is 0 Å². The van der Waals surface area contributed by atoms with Gasteiger partial charge in [0.15, 0.2) is 0 Å². The Balaban J connectivity index is 2.02. The molecule has 0 heterocycles. The summed E-state index contributed by atoms with van der Waals surface area (Å²) in [6.07, 6.45) is 0. The third-order valence-corrected chi connectivity index (χ3v) is 4.34. The topological polar surface area (TPSA) is 20.3 Å². The van der Waals surface area contributed by atoms with Crippen LogP contribution < -0.4 is 4.90 Å². The molecular weight excluding hydrogens is 266 g/mol. The number of rotatable bonds is 3. The Kier molecular flexibility index (Phi) is 4.85. The van der Waals surface area contributed by atoms with E-state index in [9.17, 15) is 4.79 Å². The van der Waals surface area contributed by atoms with E-state index in [1.54, 1.807) is 4.90 Å². The second kappa shape index (κ2) is 6.62. The van der Waals surface area contributed by atoms with Gasteiger partial charge in [-0.25, -0.2) is 0 Å². The van der Waals surface area contributed by atoms with Gasteiger partial charge in [0.1, 0.15) is 0 Å². The number of thioether (sulfide) groups is 1. The average Bonchev–Trinajstić information content (AvgIpc) is 2.48. The van der Waals surface area contributed by atoms with Crippen LogP contribution in [-0.2, 0) is 0 Å². The van der Waals surface area contributed by atoms with Crippen molar-refractivity contribution >= 4 is 22.7 Å². The van der Waals surface area contributed by atoms with Crippen LogP contribution in [0.1, 0.15) is 23.3 Å². The van der Waals surface area contributed by atoms with Gasteiger partial charge in [-0.2, -0.15) is 0 Å². The molecule has 2 aromatic carbocycles. The number of carbonyl (C=O) groups is 1. The van der Waals surface area contributed by atoms with Crippen molar-refractivity contribution in [2.45, 2.75) is 19.1 Å².